The van der Waals surface area contributed by atoms with E-state index in [2.05, 4.69) is 29.7 Å². The van der Waals surface area contributed by atoms with Crippen molar-refractivity contribution in [3.8, 4) is 11.5 Å². The predicted molar refractivity (Wildman–Crippen MR) is 89.2 cm³/mol. The number of rotatable bonds is 4. The van der Waals surface area contributed by atoms with Gasteiger partial charge in [0.05, 0.1) is 7.11 Å². The van der Waals surface area contributed by atoms with Gasteiger partial charge in [-0.2, -0.15) is 0 Å². The summed E-state index contributed by atoms with van der Waals surface area (Å²) in [5.74, 6) is 2.43. The molecule has 2 N–H and O–H groups in total. The minimum absolute atomic E-state index is 0.0951. The summed E-state index contributed by atoms with van der Waals surface area (Å²) in [6, 6.07) is 6.00. The van der Waals surface area contributed by atoms with Crippen LogP contribution in [-0.4, -0.2) is 32.3 Å². The molecule has 0 aromatic heterocycles. The number of methoxy groups -OCH3 is 1. The van der Waals surface area contributed by atoms with E-state index in [4.69, 9.17) is 9.47 Å². The van der Waals surface area contributed by atoms with Gasteiger partial charge < -0.3 is 20.1 Å². The molecule has 0 radical (unpaired) electrons. The molecule has 0 unspecified atom stereocenters. The predicted octanol–water partition coefficient (Wildman–Crippen LogP) is 3.05. The summed E-state index contributed by atoms with van der Waals surface area (Å²) in [6.45, 7) is 3.57. The van der Waals surface area contributed by atoms with Crippen LogP contribution in [0.2, 0.25) is 0 Å². The lowest BCUT2D eigenvalue weighted by molar-refractivity contribution is 0.0989. The second kappa shape index (κ2) is 7.11. The Bertz CT molecular complexity index is 551. The van der Waals surface area contributed by atoms with Crippen molar-refractivity contribution in [3.63, 3.8) is 0 Å². The van der Waals surface area contributed by atoms with Crippen LogP contribution in [0.25, 0.3) is 0 Å². The maximum absolute atomic E-state index is 11.2. The molecule has 3 rings (SSSR count). The van der Waals surface area contributed by atoms with E-state index in [-0.39, 0.29) is 18.1 Å². The number of nitrogens with one attached hydrogen (secondary N) is 2. The number of benzene rings is 1. The van der Waals surface area contributed by atoms with Gasteiger partial charge in [0, 0.05) is 19.0 Å². The average Bonchev–Trinajstić information content (AvgIpc) is 2.57. The van der Waals surface area contributed by atoms with Gasteiger partial charge in [0.1, 0.15) is 6.10 Å². The van der Waals surface area contributed by atoms with Gasteiger partial charge in [-0.3, -0.25) is 0 Å². The van der Waals surface area contributed by atoms with E-state index in [0.717, 1.165) is 23.5 Å². The molecule has 1 aromatic carbocycles. The Morgan fingerprint density at radius 1 is 1.09 bits per heavy atom. The van der Waals surface area contributed by atoms with E-state index in [9.17, 15) is 4.79 Å². The van der Waals surface area contributed by atoms with Gasteiger partial charge >= 0.3 is 6.03 Å². The van der Waals surface area contributed by atoms with Crippen molar-refractivity contribution in [1.29, 1.82) is 0 Å². The average molecular weight is 318 g/mol. The van der Waals surface area contributed by atoms with Crippen LogP contribution in [-0.2, 0) is 0 Å². The molecule has 1 aromatic rings. The second-order valence-corrected chi connectivity index (χ2v) is 6.62. The molecule has 0 bridgehead atoms. The molecule has 5 nitrogen and oxygen atoms in total. The van der Waals surface area contributed by atoms with Gasteiger partial charge in [-0.05, 0) is 42.9 Å². The van der Waals surface area contributed by atoms with Crippen LogP contribution in [0.15, 0.2) is 18.2 Å². The fraction of sp³-hybridized carbons (Fsp3) is 0.611. The third kappa shape index (κ3) is 3.71. The summed E-state index contributed by atoms with van der Waals surface area (Å²) in [4.78, 5) is 11.2. The molecule has 1 aliphatic heterocycles. The van der Waals surface area contributed by atoms with Crippen LogP contribution in [0.5, 0.6) is 11.5 Å². The highest BCUT2D eigenvalue weighted by Gasteiger charge is 2.25. The lowest BCUT2D eigenvalue weighted by atomic mass is 9.88. The Labute approximate surface area is 137 Å². The minimum atomic E-state index is -0.0951. The highest BCUT2D eigenvalue weighted by molar-refractivity contribution is 5.75. The number of urea groups is 1. The van der Waals surface area contributed by atoms with Crippen LogP contribution in [0.3, 0.4) is 0 Å². The molecule has 0 spiro atoms. The number of carbonyl (C=O) groups is 1. The molecule has 5 heteroatoms. The third-order valence-corrected chi connectivity index (χ3v) is 4.99. The van der Waals surface area contributed by atoms with Crippen molar-refractivity contribution in [2.45, 2.75) is 44.6 Å². The zero-order chi connectivity index (χ0) is 16.2. The van der Waals surface area contributed by atoms with Crippen molar-refractivity contribution in [2.75, 3.05) is 20.2 Å². The normalized spacial score (nSPS) is 25.4. The number of carbonyl (C=O) groups excluding carboxylic acids is 1. The Hall–Kier alpha value is -1.91. The number of amides is 2. The van der Waals surface area contributed by atoms with Gasteiger partial charge in [-0.1, -0.05) is 19.4 Å². The fourth-order valence-electron chi connectivity index (χ4n) is 3.46. The van der Waals surface area contributed by atoms with Crippen LogP contribution < -0.4 is 20.1 Å². The maximum atomic E-state index is 11.2. The third-order valence-electron chi connectivity index (χ3n) is 4.99. The van der Waals surface area contributed by atoms with E-state index in [1.54, 1.807) is 7.11 Å². The standard InChI is InChI=1S/C18H26N2O3/c1-12-5-3-4-6-15(12)23-17-9-13(7-8-16(17)22-2)14-10-19-18(21)20-11-14/h7-9,12,14-15H,3-6,10-11H2,1-2H3,(H2,19,20,21)/t12-,15+/m1/s1. The molecular weight excluding hydrogens is 292 g/mol. The molecule has 2 amide bonds. The van der Waals surface area contributed by atoms with E-state index in [0.29, 0.717) is 19.0 Å². The van der Waals surface area contributed by atoms with Gasteiger partial charge in [0.25, 0.3) is 0 Å². The van der Waals surface area contributed by atoms with Crippen molar-refractivity contribution in [2.24, 2.45) is 5.92 Å². The van der Waals surface area contributed by atoms with Gasteiger partial charge in [-0.15, -0.1) is 0 Å². The van der Waals surface area contributed by atoms with Crippen molar-refractivity contribution >= 4 is 6.03 Å². The topological polar surface area (TPSA) is 59.6 Å². The molecular formula is C18H26N2O3. The lowest BCUT2D eigenvalue weighted by Gasteiger charge is -2.30. The van der Waals surface area contributed by atoms with Crippen LogP contribution >= 0.6 is 0 Å². The van der Waals surface area contributed by atoms with Crippen LogP contribution in [0.1, 0.15) is 44.1 Å². The van der Waals surface area contributed by atoms with E-state index >= 15 is 0 Å². The lowest BCUT2D eigenvalue weighted by Crippen LogP contribution is -2.47. The fourth-order valence-corrected chi connectivity index (χ4v) is 3.46. The van der Waals surface area contributed by atoms with E-state index in [1.807, 2.05) is 6.07 Å². The summed E-state index contributed by atoms with van der Waals surface area (Å²) in [5.41, 5.74) is 1.16. The first-order valence-corrected chi connectivity index (χ1v) is 8.53. The molecule has 1 saturated carbocycles. The molecule has 1 aliphatic carbocycles. The summed E-state index contributed by atoms with van der Waals surface area (Å²) in [7, 11) is 1.68. The summed E-state index contributed by atoms with van der Waals surface area (Å²) in [6.07, 6.45) is 5.12. The smallest absolute Gasteiger partial charge is 0.314 e. The largest absolute Gasteiger partial charge is 0.493 e. The molecule has 23 heavy (non-hydrogen) atoms. The first-order valence-electron chi connectivity index (χ1n) is 8.53. The number of hydrogen-bond acceptors (Lipinski definition) is 3. The monoisotopic (exact) mass is 318 g/mol. The molecule has 1 saturated heterocycles. The van der Waals surface area contributed by atoms with E-state index < -0.39 is 0 Å². The highest BCUT2D eigenvalue weighted by atomic mass is 16.5. The first kappa shape index (κ1) is 16.0. The second-order valence-electron chi connectivity index (χ2n) is 6.62. The Kier molecular flexibility index (Phi) is 4.94. The summed E-state index contributed by atoms with van der Waals surface area (Å²) in [5, 5.41) is 5.69. The number of hydrogen-bond donors (Lipinski definition) is 2. The Morgan fingerprint density at radius 2 is 1.83 bits per heavy atom. The number of ether oxygens (including phenoxy) is 2. The Morgan fingerprint density at radius 3 is 2.52 bits per heavy atom. The van der Waals surface area contributed by atoms with Crippen molar-refractivity contribution in [3.05, 3.63) is 23.8 Å². The SMILES string of the molecule is COc1ccc(C2CNC(=O)NC2)cc1O[C@H]1CCCC[C@H]1C. The zero-order valence-corrected chi connectivity index (χ0v) is 13.9. The van der Waals surface area contributed by atoms with Crippen molar-refractivity contribution < 1.29 is 14.3 Å². The van der Waals surface area contributed by atoms with Gasteiger partial charge in [-0.25, -0.2) is 4.79 Å². The van der Waals surface area contributed by atoms with Crippen LogP contribution in [0, 0.1) is 5.92 Å². The van der Waals surface area contributed by atoms with Gasteiger partial charge in [0.15, 0.2) is 11.5 Å². The molecule has 1 heterocycles. The van der Waals surface area contributed by atoms with Gasteiger partial charge in [0.2, 0.25) is 0 Å². The summed E-state index contributed by atoms with van der Waals surface area (Å²) >= 11 is 0. The maximum Gasteiger partial charge on any atom is 0.314 e. The molecule has 126 valence electrons. The minimum Gasteiger partial charge on any atom is -0.493 e. The highest BCUT2D eigenvalue weighted by Crippen LogP contribution is 2.35. The summed E-state index contributed by atoms with van der Waals surface area (Å²) < 4.78 is 11.8. The first-order chi connectivity index (χ1) is 11.2. The quantitative estimate of drug-likeness (QED) is 0.897. The van der Waals surface area contributed by atoms with Crippen LogP contribution in [0.4, 0.5) is 4.79 Å². The molecule has 2 aliphatic rings. The molecule has 2 fully saturated rings. The Balaban J connectivity index is 1.77. The van der Waals surface area contributed by atoms with Crippen molar-refractivity contribution in [1.82, 2.24) is 10.6 Å². The zero-order valence-electron chi connectivity index (χ0n) is 13.9. The molecule has 2 atom stereocenters. The van der Waals surface area contributed by atoms with E-state index in [1.165, 1.54) is 19.3 Å².